The summed E-state index contributed by atoms with van der Waals surface area (Å²) in [5, 5.41) is 4.27. The minimum atomic E-state index is -0.344. The Balaban J connectivity index is 1.82. The minimum Gasteiger partial charge on any atom is -0.494 e. The topological polar surface area (TPSA) is 54.5 Å². The molecule has 1 aliphatic heterocycles. The maximum Gasteiger partial charge on any atom is 0.225 e. The van der Waals surface area contributed by atoms with Gasteiger partial charge in [-0.05, 0) is 37.3 Å². The standard InChI is InChI=1S/C22H31N3O2/c1-15-12-23-19-17(9-6-10-18(19)27-5)20(15)25-11-7-8-16(14-25)13-24-21(26)22(2,3)4/h6,9-10,12,16H,7-8,11,13-14H2,1-5H3,(H,24,26)/t16-/m1/s1. The lowest BCUT2D eigenvalue weighted by Crippen LogP contribution is -2.43. The van der Waals surface area contributed by atoms with Crippen LogP contribution in [0.15, 0.2) is 24.4 Å². The second-order valence-corrected chi connectivity index (χ2v) is 8.56. The van der Waals surface area contributed by atoms with Gasteiger partial charge in [-0.25, -0.2) is 0 Å². The number of piperidine rings is 1. The van der Waals surface area contributed by atoms with Gasteiger partial charge in [0, 0.05) is 36.6 Å². The van der Waals surface area contributed by atoms with E-state index in [1.165, 1.54) is 11.3 Å². The molecule has 5 nitrogen and oxygen atoms in total. The highest BCUT2D eigenvalue weighted by Crippen LogP contribution is 2.35. The van der Waals surface area contributed by atoms with Gasteiger partial charge in [-0.2, -0.15) is 0 Å². The van der Waals surface area contributed by atoms with E-state index < -0.39 is 0 Å². The molecule has 0 unspecified atom stereocenters. The van der Waals surface area contributed by atoms with E-state index in [9.17, 15) is 4.79 Å². The van der Waals surface area contributed by atoms with Gasteiger partial charge in [-0.15, -0.1) is 0 Å². The SMILES string of the molecule is COc1cccc2c(N3CCC[C@H](CNC(=O)C(C)(C)C)C3)c(C)cnc12. The summed E-state index contributed by atoms with van der Waals surface area (Å²) < 4.78 is 5.50. The molecule has 0 radical (unpaired) electrons. The number of aryl methyl sites for hydroxylation is 1. The maximum absolute atomic E-state index is 12.2. The van der Waals surface area contributed by atoms with E-state index in [2.05, 4.69) is 28.2 Å². The van der Waals surface area contributed by atoms with Crippen LogP contribution in [0.25, 0.3) is 10.9 Å². The molecule has 0 aliphatic carbocycles. The fourth-order valence-corrected chi connectivity index (χ4v) is 3.80. The number of carbonyl (C=O) groups is 1. The van der Waals surface area contributed by atoms with Gasteiger partial charge >= 0.3 is 0 Å². The van der Waals surface area contributed by atoms with Crippen LogP contribution in [-0.2, 0) is 4.79 Å². The number of pyridine rings is 1. The predicted molar refractivity (Wildman–Crippen MR) is 110 cm³/mol. The Morgan fingerprint density at radius 1 is 1.37 bits per heavy atom. The number of carbonyl (C=O) groups excluding carboxylic acids is 1. The molecule has 146 valence electrons. The van der Waals surface area contributed by atoms with Gasteiger partial charge in [0.1, 0.15) is 11.3 Å². The second-order valence-electron chi connectivity index (χ2n) is 8.56. The lowest BCUT2D eigenvalue weighted by molar-refractivity contribution is -0.128. The summed E-state index contributed by atoms with van der Waals surface area (Å²) in [6.45, 7) is 10.7. The third kappa shape index (κ3) is 4.18. The first-order valence-corrected chi connectivity index (χ1v) is 9.77. The summed E-state index contributed by atoms with van der Waals surface area (Å²) >= 11 is 0. The van der Waals surface area contributed by atoms with Crippen molar-refractivity contribution in [3.63, 3.8) is 0 Å². The molecule has 1 fully saturated rings. The Bertz CT molecular complexity index is 826. The molecule has 1 saturated heterocycles. The third-order valence-corrected chi connectivity index (χ3v) is 5.30. The Morgan fingerprint density at radius 3 is 2.85 bits per heavy atom. The first kappa shape index (κ1) is 19.5. The smallest absolute Gasteiger partial charge is 0.225 e. The summed E-state index contributed by atoms with van der Waals surface area (Å²) in [5.74, 6) is 1.38. The fraction of sp³-hybridized carbons (Fsp3) is 0.545. The van der Waals surface area contributed by atoms with Crippen molar-refractivity contribution in [3.8, 4) is 5.75 Å². The van der Waals surface area contributed by atoms with Gasteiger partial charge in [-0.3, -0.25) is 9.78 Å². The predicted octanol–water partition coefficient (Wildman–Crippen LogP) is 3.93. The molecule has 0 bridgehead atoms. The van der Waals surface area contributed by atoms with Crippen LogP contribution in [0.5, 0.6) is 5.75 Å². The lowest BCUT2D eigenvalue weighted by atomic mass is 9.93. The number of para-hydroxylation sites is 1. The van der Waals surface area contributed by atoms with Crippen molar-refractivity contribution in [2.24, 2.45) is 11.3 Å². The number of methoxy groups -OCH3 is 1. The number of hydrogen-bond acceptors (Lipinski definition) is 4. The zero-order valence-electron chi connectivity index (χ0n) is 17.1. The number of aromatic nitrogens is 1. The first-order valence-electron chi connectivity index (χ1n) is 9.77. The Morgan fingerprint density at radius 2 is 2.15 bits per heavy atom. The average Bonchev–Trinajstić information content (AvgIpc) is 2.64. The van der Waals surface area contributed by atoms with Crippen molar-refractivity contribution in [1.82, 2.24) is 10.3 Å². The van der Waals surface area contributed by atoms with Gasteiger partial charge in [0.05, 0.1) is 12.8 Å². The number of ether oxygens (including phenoxy) is 1. The van der Waals surface area contributed by atoms with Gasteiger partial charge in [0.15, 0.2) is 0 Å². The van der Waals surface area contributed by atoms with Crippen LogP contribution in [0.2, 0.25) is 0 Å². The van der Waals surface area contributed by atoms with Crippen molar-refractivity contribution >= 4 is 22.5 Å². The molecular formula is C22H31N3O2. The highest BCUT2D eigenvalue weighted by Gasteiger charge is 2.26. The van der Waals surface area contributed by atoms with E-state index in [1.807, 2.05) is 39.1 Å². The summed E-state index contributed by atoms with van der Waals surface area (Å²) in [4.78, 5) is 19.3. The lowest BCUT2D eigenvalue weighted by Gasteiger charge is -2.36. The van der Waals surface area contributed by atoms with Gasteiger partial charge in [0.25, 0.3) is 0 Å². The van der Waals surface area contributed by atoms with Crippen LogP contribution in [-0.4, -0.2) is 37.6 Å². The van der Waals surface area contributed by atoms with Crippen LogP contribution in [0.4, 0.5) is 5.69 Å². The number of benzene rings is 1. The Hall–Kier alpha value is -2.30. The number of hydrogen-bond donors (Lipinski definition) is 1. The third-order valence-electron chi connectivity index (χ3n) is 5.30. The molecule has 1 atom stereocenters. The zero-order valence-corrected chi connectivity index (χ0v) is 17.1. The van der Waals surface area contributed by atoms with Crippen molar-refractivity contribution in [3.05, 3.63) is 30.0 Å². The van der Waals surface area contributed by atoms with Crippen LogP contribution in [0.1, 0.15) is 39.2 Å². The summed E-state index contributed by atoms with van der Waals surface area (Å²) in [6.07, 6.45) is 4.21. The molecular weight excluding hydrogens is 338 g/mol. The average molecular weight is 370 g/mol. The fourth-order valence-electron chi connectivity index (χ4n) is 3.80. The Kier molecular flexibility index (Phi) is 5.59. The van der Waals surface area contributed by atoms with Gasteiger partial charge in [0.2, 0.25) is 5.91 Å². The van der Waals surface area contributed by atoms with E-state index >= 15 is 0 Å². The van der Waals surface area contributed by atoms with Crippen molar-refractivity contribution in [2.45, 2.75) is 40.5 Å². The van der Waals surface area contributed by atoms with Gasteiger partial charge in [-0.1, -0.05) is 32.9 Å². The number of nitrogens with zero attached hydrogens (tertiary/aromatic N) is 2. The van der Waals surface area contributed by atoms with E-state index in [0.717, 1.165) is 49.1 Å². The summed E-state index contributed by atoms with van der Waals surface area (Å²) in [6, 6.07) is 6.10. The minimum absolute atomic E-state index is 0.120. The quantitative estimate of drug-likeness (QED) is 0.887. The number of amides is 1. The molecule has 2 heterocycles. The van der Waals surface area contributed by atoms with Crippen LogP contribution in [0, 0.1) is 18.3 Å². The molecule has 0 saturated carbocycles. The van der Waals surface area contributed by atoms with Crippen LogP contribution in [0.3, 0.4) is 0 Å². The number of fused-ring (bicyclic) bond motifs is 1. The molecule has 0 spiro atoms. The molecule has 1 aliphatic rings. The highest BCUT2D eigenvalue weighted by atomic mass is 16.5. The van der Waals surface area contributed by atoms with Crippen LogP contribution >= 0.6 is 0 Å². The van der Waals surface area contributed by atoms with Crippen molar-refractivity contribution in [1.29, 1.82) is 0 Å². The molecule has 1 aromatic heterocycles. The molecule has 1 aromatic carbocycles. The zero-order chi connectivity index (χ0) is 19.6. The van der Waals surface area contributed by atoms with E-state index in [1.54, 1.807) is 7.11 Å². The van der Waals surface area contributed by atoms with Crippen LogP contribution < -0.4 is 15.0 Å². The second kappa shape index (κ2) is 7.75. The first-order chi connectivity index (χ1) is 12.8. The van der Waals surface area contributed by atoms with E-state index in [0.29, 0.717) is 5.92 Å². The monoisotopic (exact) mass is 369 g/mol. The molecule has 3 rings (SSSR count). The number of rotatable bonds is 4. The number of nitrogens with one attached hydrogen (secondary N) is 1. The van der Waals surface area contributed by atoms with Crippen molar-refractivity contribution < 1.29 is 9.53 Å². The highest BCUT2D eigenvalue weighted by molar-refractivity contribution is 5.96. The molecule has 5 heteroatoms. The molecule has 27 heavy (non-hydrogen) atoms. The van der Waals surface area contributed by atoms with E-state index in [-0.39, 0.29) is 11.3 Å². The maximum atomic E-state index is 12.2. The number of anilines is 1. The van der Waals surface area contributed by atoms with Gasteiger partial charge < -0.3 is 15.0 Å². The summed E-state index contributed by atoms with van der Waals surface area (Å²) in [5.41, 5.74) is 2.98. The molecule has 1 N–H and O–H groups in total. The molecule has 2 aromatic rings. The van der Waals surface area contributed by atoms with Crippen molar-refractivity contribution in [2.75, 3.05) is 31.6 Å². The largest absolute Gasteiger partial charge is 0.494 e. The van der Waals surface area contributed by atoms with E-state index in [4.69, 9.17) is 4.74 Å². The normalized spacial score (nSPS) is 17.8. The Labute approximate surface area is 162 Å². The summed E-state index contributed by atoms with van der Waals surface area (Å²) in [7, 11) is 1.69. The molecule has 1 amide bonds.